The van der Waals surface area contributed by atoms with Crippen LogP contribution in [0.25, 0.3) is 0 Å². The van der Waals surface area contributed by atoms with Crippen LogP contribution in [0.1, 0.15) is 0 Å². The van der Waals surface area contributed by atoms with Gasteiger partial charge in [0.1, 0.15) is 0 Å². The summed E-state index contributed by atoms with van der Waals surface area (Å²) in [6.07, 6.45) is 0. The zero-order chi connectivity index (χ0) is 7.61. The molecule has 0 nitrogen and oxygen atoms in total. The van der Waals surface area contributed by atoms with Gasteiger partial charge >= 0.3 is 70.7 Å². The van der Waals surface area contributed by atoms with Gasteiger partial charge in [-0.1, -0.05) is 0 Å². The van der Waals surface area contributed by atoms with Gasteiger partial charge in [0.05, 0.1) is 0 Å². The Hall–Kier alpha value is -0.0436. The van der Waals surface area contributed by atoms with Crippen molar-refractivity contribution in [3.05, 3.63) is 30.3 Å². The van der Waals surface area contributed by atoms with Gasteiger partial charge in [0.2, 0.25) is 0 Å². The Kier molecular flexibility index (Phi) is 2.35. The molecule has 0 saturated carbocycles. The molecule has 1 aromatic rings. The molecule has 0 spiro atoms. The van der Waals surface area contributed by atoms with Gasteiger partial charge in [-0.15, -0.1) is 0 Å². The van der Waals surface area contributed by atoms with E-state index in [-0.39, 0.29) is 0 Å². The fourth-order valence-electron chi connectivity index (χ4n) is 0.840. The molecular formula is C8H11SeSi. The normalized spacial score (nSPS) is 11.5. The average Bonchev–Trinajstić information content (AvgIpc) is 1.88. The first-order chi connectivity index (χ1) is 4.61. The van der Waals surface area contributed by atoms with Gasteiger partial charge in [0.15, 0.2) is 0 Å². The van der Waals surface area contributed by atoms with Crippen LogP contribution in [-0.4, -0.2) is 22.1 Å². The third-order valence-corrected chi connectivity index (χ3v) is 4.68. The number of benzene rings is 1. The van der Waals surface area contributed by atoms with E-state index in [0.29, 0.717) is 0 Å². The summed E-state index contributed by atoms with van der Waals surface area (Å²) in [7, 11) is 0. The minimum absolute atomic E-state index is 1.16. The van der Waals surface area contributed by atoms with Gasteiger partial charge in [-0.3, -0.25) is 0 Å². The summed E-state index contributed by atoms with van der Waals surface area (Å²) in [4.78, 5) is 0. The molecule has 0 aromatic heterocycles. The van der Waals surface area contributed by atoms with Gasteiger partial charge in [-0.25, -0.2) is 0 Å². The van der Waals surface area contributed by atoms with Crippen molar-refractivity contribution < 1.29 is 0 Å². The summed E-state index contributed by atoms with van der Waals surface area (Å²) in [6.45, 7) is 3.46. The Labute approximate surface area is 70.9 Å². The van der Waals surface area contributed by atoms with Crippen molar-refractivity contribution in [3.63, 3.8) is 0 Å². The molecule has 0 aliphatic rings. The van der Waals surface area contributed by atoms with Crippen LogP contribution in [0.3, 0.4) is 0 Å². The van der Waals surface area contributed by atoms with Crippen molar-refractivity contribution in [2.45, 2.75) is 13.1 Å². The first-order valence-corrected chi connectivity index (χ1v) is 8.84. The van der Waals surface area contributed by atoms with Crippen molar-refractivity contribution in [2.24, 2.45) is 0 Å². The monoisotopic (exact) mass is 215 g/mol. The van der Waals surface area contributed by atoms with Crippen LogP contribution >= 0.6 is 0 Å². The van der Waals surface area contributed by atoms with Crippen LogP contribution in [-0.2, 0) is 0 Å². The zero-order valence-electron chi connectivity index (χ0n) is 6.29. The SMILES string of the molecule is C[Si](C)([Se])c1ccccc1. The second-order valence-corrected chi connectivity index (χ2v) is 12.9. The molecular weight excluding hydrogens is 203 g/mol. The molecule has 0 aliphatic carbocycles. The van der Waals surface area contributed by atoms with Crippen molar-refractivity contribution in [3.8, 4) is 0 Å². The first-order valence-electron chi connectivity index (χ1n) is 3.36. The van der Waals surface area contributed by atoms with E-state index in [0.717, 1.165) is 0 Å². The fourth-order valence-corrected chi connectivity index (χ4v) is 2.69. The number of hydrogen-bond acceptors (Lipinski definition) is 0. The second-order valence-electron chi connectivity index (χ2n) is 2.88. The van der Waals surface area contributed by atoms with E-state index in [1.165, 1.54) is 5.19 Å². The summed E-state index contributed by atoms with van der Waals surface area (Å²) >= 11 is 3.27. The van der Waals surface area contributed by atoms with Gasteiger partial charge in [0, 0.05) is 0 Å². The van der Waals surface area contributed by atoms with Gasteiger partial charge < -0.3 is 0 Å². The Morgan fingerprint density at radius 2 is 1.60 bits per heavy atom. The molecule has 0 fully saturated rings. The molecule has 0 bridgehead atoms. The van der Waals surface area contributed by atoms with E-state index >= 15 is 0 Å². The maximum absolute atomic E-state index is 3.27. The van der Waals surface area contributed by atoms with Gasteiger partial charge in [-0.2, -0.15) is 0 Å². The summed E-state index contributed by atoms with van der Waals surface area (Å²) < 4.78 is 0. The Morgan fingerprint density at radius 1 is 1.10 bits per heavy atom. The third kappa shape index (κ3) is 1.98. The van der Waals surface area contributed by atoms with Crippen LogP contribution < -0.4 is 5.19 Å². The van der Waals surface area contributed by atoms with Crippen LogP contribution in [0.5, 0.6) is 0 Å². The minimum atomic E-state index is -1.16. The molecule has 1 rings (SSSR count). The van der Waals surface area contributed by atoms with E-state index in [9.17, 15) is 0 Å². The summed E-state index contributed by atoms with van der Waals surface area (Å²) in [5, 5.41) is 1.48. The number of rotatable bonds is 1. The first kappa shape index (κ1) is 8.06. The molecule has 0 unspecified atom stereocenters. The van der Waals surface area contributed by atoms with E-state index in [1.54, 1.807) is 0 Å². The van der Waals surface area contributed by atoms with Crippen LogP contribution in [0.15, 0.2) is 30.3 Å². The molecule has 2 heteroatoms. The predicted octanol–water partition coefficient (Wildman–Crippen LogP) is 1.27. The van der Waals surface area contributed by atoms with Gasteiger partial charge in [0.25, 0.3) is 0 Å². The van der Waals surface area contributed by atoms with Crippen LogP contribution in [0.2, 0.25) is 13.1 Å². The van der Waals surface area contributed by atoms with Crippen molar-refractivity contribution in [1.82, 2.24) is 0 Å². The summed E-state index contributed by atoms with van der Waals surface area (Å²) in [6, 6.07) is 10.7. The van der Waals surface area contributed by atoms with E-state index in [1.807, 2.05) is 0 Å². The van der Waals surface area contributed by atoms with E-state index < -0.39 is 6.68 Å². The van der Waals surface area contributed by atoms with Gasteiger partial charge in [-0.05, 0) is 0 Å². The molecule has 1 radical (unpaired) electrons. The maximum atomic E-state index is 3.27. The Balaban J connectivity index is 2.97. The van der Waals surface area contributed by atoms with Crippen molar-refractivity contribution in [2.75, 3.05) is 0 Å². The van der Waals surface area contributed by atoms with Crippen molar-refractivity contribution in [1.29, 1.82) is 0 Å². The third-order valence-electron chi connectivity index (χ3n) is 1.47. The molecule has 0 aliphatic heterocycles. The molecule has 1 aromatic carbocycles. The molecule has 10 heavy (non-hydrogen) atoms. The molecule has 0 saturated heterocycles. The second kappa shape index (κ2) is 2.91. The molecule has 0 atom stereocenters. The molecule has 53 valence electrons. The summed E-state index contributed by atoms with van der Waals surface area (Å²) in [5.74, 6) is 0. The van der Waals surface area contributed by atoms with Crippen LogP contribution in [0, 0.1) is 0 Å². The topological polar surface area (TPSA) is 0 Å². The van der Waals surface area contributed by atoms with E-state index in [2.05, 4.69) is 58.8 Å². The Bertz CT molecular complexity index is 200. The predicted molar refractivity (Wildman–Crippen MR) is 49.3 cm³/mol. The Morgan fingerprint density at radius 3 is 1.90 bits per heavy atom. The molecule has 0 amide bonds. The fraction of sp³-hybridized carbons (Fsp3) is 0.250. The number of hydrogen-bond donors (Lipinski definition) is 0. The van der Waals surface area contributed by atoms with Crippen LogP contribution in [0.4, 0.5) is 0 Å². The quantitative estimate of drug-likeness (QED) is 0.617. The van der Waals surface area contributed by atoms with Crippen molar-refractivity contribution >= 4 is 27.2 Å². The average molecular weight is 214 g/mol. The summed E-state index contributed by atoms with van der Waals surface area (Å²) in [5.41, 5.74) is 0. The molecule has 0 N–H and O–H groups in total. The molecule has 0 heterocycles. The van der Waals surface area contributed by atoms with E-state index in [4.69, 9.17) is 0 Å². The zero-order valence-corrected chi connectivity index (χ0v) is 9.01. The standard InChI is InChI=1S/C8H11SeSi/c1-10(2,9)8-6-4-3-5-7-8/h3-7H,1-2H3.